The van der Waals surface area contributed by atoms with Crippen LogP contribution >= 0.6 is 0 Å². The zero-order valence-corrected chi connectivity index (χ0v) is 23.3. The van der Waals surface area contributed by atoms with Gasteiger partial charge in [-0.2, -0.15) is 0 Å². The topological polar surface area (TPSA) is 36.0 Å². The molecule has 2 aliphatic heterocycles. The quantitative estimate of drug-likeness (QED) is 0.469. The lowest BCUT2D eigenvalue weighted by Crippen LogP contribution is -2.51. The lowest BCUT2D eigenvalue weighted by molar-refractivity contribution is -0.120. The summed E-state index contributed by atoms with van der Waals surface area (Å²) in [4.78, 5) is 21.4. The van der Waals surface area contributed by atoms with E-state index in [0.29, 0.717) is 17.7 Å². The minimum absolute atomic E-state index is 0.0299. The van der Waals surface area contributed by atoms with Crippen molar-refractivity contribution in [2.75, 3.05) is 31.1 Å². The maximum absolute atomic E-state index is 14.4. The van der Waals surface area contributed by atoms with Gasteiger partial charge in [-0.3, -0.25) is 9.69 Å². The van der Waals surface area contributed by atoms with E-state index in [1.165, 1.54) is 17.5 Å². The predicted octanol–water partition coefficient (Wildman–Crippen LogP) is 5.74. The zero-order chi connectivity index (χ0) is 26.8. The highest BCUT2D eigenvalue weighted by atomic mass is 16.5. The number of nitrogens with zero attached hydrogens (tertiary/aromatic N) is 3. The molecule has 3 atom stereocenters. The average molecular weight is 524 g/mol. The Labute approximate surface area is 233 Å². The molecule has 2 heterocycles. The predicted molar refractivity (Wildman–Crippen MR) is 157 cm³/mol. The highest BCUT2D eigenvalue weighted by Gasteiger charge is 2.35. The van der Waals surface area contributed by atoms with Gasteiger partial charge in [0, 0.05) is 56.8 Å². The van der Waals surface area contributed by atoms with Gasteiger partial charge in [-0.25, -0.2) is 0 Å². The second-order valence-corrected chi connectivity index (χ2v) is 11.7. The summed E-state index contributed by atoms with van der Waals surface area (Å²) in [5.74, 6) is 1.12. The Hall–Kier alpha value is -3.31. The standard InChI is InChI=1S/C34H41N3O2/c1-25-10-8-16-30(22-25)35-18-20-36(21-19-35)32-17-9-11-26(2)37(29-14-4-3-5-15-29)34(38)33(32)39-31-23-27-12-6-7-13-28(27)24-31/h3-10,12-15,17,25-26,30-31H,11,16,18-24H2,1-2H3/b17-9+,33-32-. The normalized spacial score (nSPS) is 29.2. The molecule has 1 saturated heterocycles. The molecule has 0 aromatic heterocycles. The first-order valence-electron chi connectivity index (χ1n) is 14.8. The minimum atomic E-state index is -0.0334. The fourth-order valence-corrected chi connectivity index (χ4v) is 6.76. The molecule has 3 unspecified atom stereocenters. The summed E-state index contributed by atoms with van der Waals surface area (Å²) >= 11 is 0. The molecule has 2 aromatic carbocycles. The van der Waals surface area contributed by atoms with E-state index in [9.17, 15) is 4.79 Å². The highest BCUT2D eigenvalue weighted by Crippen LogP contribution is 2.32. The van der Waals surface area contributed by atoms with Crippen molar-refractivity contribution in [3.05, 3.63) is 101 Å². The van der Waals surface area contributed by atoms with E-state index in [-0.39, 0.29) is 18.1 Å². The molecule has 2 aromatic rings. The molecule has 0 saturated carbocycles. The second kappa shape index (κ2) is 11.4. The summed E-state index contributed by atoms with van der Waals surface area (Å²) in [5.41, 5.74) is 4.53. The van der Waals surface area contributed by atoms with Crippen molar-refractivity contribution >= 4 is 11.6 Å². The van der Waals surface area contributed by atoms with Gasteiger partial charge in [-0.1, -0.05) is 67.6 Å². The van der Waals surface area contributed by atoms with Crippen LogP contribution in [0.2, 0.25) is 0 Å². The molecule has 5 heteroatoms. The van der Waals surface area contributed by atoms with Gasteiger partial charge < -0.3 is 14.5 Å². The van der Waals surface area contributed by atoms with Gasteiger partial charge in [0.15, 0.2) is 0 Å². The number of carbonyl (C=O) groups excluding carboxylic acids is 1. The Kier molecular flexibility index (Phi) is 7.60. The maximum atomic E-state index is 14.4. The van der Waals surface area contributed by atoms with Crippen molar-refractivity contribution in [2.45, 2.75) is 64.1 Å². The summed E-state index contributed by atoms with van der Waals surface area (Å²) in [6, 6.07) is 19.3. The Morgan fingerprint density at radius 3 is 2.21 bits per heavy atom. The van der Waals surface area contributed by atoms with Gasteiger partial charge in [-0.15, -0.1) is 0 Å². The van der Waals surface area contributed by atoms with Crippen LogP contribution in [0.1, 0.15) is 44.2 Å². The number of hydrogen-bond acceptors (Lipinski definition) is 4. The van der Waals surface area contributed by atoms with Crippen LogP contribution in [0, 0.1) is 5.92 Å². The number of allylic oxidation sites excluding steroid dienone is 2. The second-order valence-electron chi connectivity index (χ2n) is 11.7. The fraction of sp³-hybridized carbons (Fsp3) is 0.441. The van der Waals surface area contributed by atoms with Gasteiger partial charge in [0.2, 0.25) is 5.76 Å². The van der Waals surface area contributed by atoms with Crippen molar-refractivity contribution in [3.8, 4) is 0 Å². The SMILES string of the molecule is CC1C=CCC(N2CCN(C3=C(\OC4Cc5ccccc5C4)C(=O)N(c4ccccc4)C(C)C\C=C\3)CC2)C1. The van der Waals surface area contributed by atoms with Crippen LogP contribution in [0.4, 0.5) is 5.69 Å². The first-order valence-corrected chi connectivity index (χ1v) is 14.8. The number of piperazine rings is 1. The molecule has 0 N–H and O–H groups in total. The molecule has 2 aliphatic carbocycles. The van der Waals surface area contributed by atoms with Crippen LogP contribution in [0.3, 0.4) is 0 Å². The number of benzene rings is 2. The molecule has 1 amide bonds. The number of carbonyl (C=O) groups is 1. The van der Waals surface area contributed by atoms with Crippen molar-refractivity contribution in [2.24, 2.45) is 5.92 Å². The number of amides is 1. The Morgan fingerprint density at radius 2 is 1.51 bits per heavy atom. The van der Waals surface area contributed by atoms with Crippen molar-refractivity contribution in [3.63, 3.8) is 0 Å². The number of para-hydroxylation sites is 1. The molecule has 6 rings (SSSR count). The number of ether oxygens (including phenoxy) is 1. The third-order valence-corrected chi connectivity index (χ3v) is 8.86. The molecule has 0 radical (unpaired) electrons. The van der Waals surface area contributed by atoms with Gasteiger partial charge in [0.1, 0.15) is 6.10 Å². The molecule has 204 valence electrons. The third-order valence-electron chi connectivity index (χ3n) is 8.86. The van der Waals surface area contributed by atoms with Gasteiger partial charge in [-0.05, 0) is 61.4 Å². The van der Waals surface area contributed by atoms with Crippen LogP contribution in [-0.2, 0) is 22.4 Å². The number of fused-ring (bicyclic) bond motifs is 1. The van der Waals surface area contributed by atoms with Crippen molar-refractivity contribution in [1.82, 2.24) is 9.80 Å². The average Bonchev–Trinajstić information content (AvgIpc) is 3.37. The molecule has 0 spiro atoms. The fourth-order valence-electron chi connectivity index (χ4n) is 6.76. The summed E-state index contributed by atoms with van der Waals surface area (Å²) in [5, 5.41) is 0. The zero-order valence-electron chi connectivity index (χ0n) is 23.3. The van der Waals surface area contributed by atoms with Gasteiger partial charge >= 0.3 is 0 Å². The van der Waals surface area contributed by atoms with Crippen LogP contribution in [0.15, 0.2) is 90.4 Å². The first-order chi connectivity index (χ1) is 19.1. The van der Waals surface area contributed by atoms with Gasteiger partial charge in [0.25, 0.3) is 5.91 Å². The van der Waals surface area contributed by atoms with Gasteiger partial charge in [0.05, 0.1) is 5.70 Å². The third kappa shape index (κ3) is 5.56. The number of rotatable bonds is 5. The van der Waals surface area contributed by atoms with Crippen LogP contribution in [-0.4, -0.2) is 60.1 Å². The van der Waals surface area contributed by atoms with Crippen LogP contribution in [0.25, 0.3) is 0 Å². The monoisotopic (exact) mass is 523 g/mol. The van der Waals surface area contributed by atoms with E-state index in [2.05, 4.69) is 72.2 Å². The molecule has 5 nitrogen and oxygen atoms in total. The lowest BCUT2D eigenvalue weighted by atomic mass is 9.92. The summed E-state index contributed by atoms with van der Waals surface area (Å²) in [6.07, 6.45) is 13.9. The number of anilines is 1. The Balaban J connectivity index is 1.29. The lowest BCUT2D eigenvalue weighted by Gasteiger charge is -2.42. The van der Waals surface area contributed by atoms with E-state index in [1.807, 2.05) is 35.2 Å². The molecular formula is C34H41N3O2. The van der Waals surface area contributed by atoms with E-state index in [1.54, 1.807) is 0 Å². The van der Waals surface area contributed by atoms with E-state index in [0.717, 1.165) is 63.2 Å². The van der Waals surface area contributed by atoms with E-state index in [4.69, 9.17) is 4.74 Å². The molecule has 4 aliphatic rings. The van der Waals surface area contributed by atoms with Crippen LogP contribution in [0.5, 0.6) is 0 Å². The van der Waals surface area contributed by atoms with E-state index >= 15 is 0 Å². The molecule has 0 bridgehead atoms. The Bertz CT molecular complexity index is 1230. The largest absolute Gasteiger partial charge is 0.482 e. The molecular weight excluding hydrogens is 482 g/mol. The molecule has 39 heavy (non-hydrogen) atoms. The maximum Gasteiger partial charge on any atom is 0.295 e. The van der Waals surface area contributed by atoms with Crippen molar-refractivity contribution < 1.29 is 9.53 Å². The first kappa shape index (κ1) is 25.9. The summed E-state index contributed by atoms with van der Waals surface area (Å²) in [6.45, 7) is 8.27. The van der Waals surface area contributed by atoms with Crippen molar-refractivity contribution in [1.29, 1.82) is 0 Å². The highest BCUT2D eigenvalue weighted by molar-refractivity contribution is 6.05. The smallest absolute Gasteiger partial charge is 0.295 e. The minimum Gasteiger partial charge on any atom is -0.482 e. The number of hydrogen-bond donors (Lipinski definition) is 0. The summed E-state index contributed by atoms with van der Waals surface area (Å²) < 4.78 is 6.78. The van der Waals surface area contributed by atoms with E-state index < -0.39 is 0 Å². The Morgan fingerprint density at radius 1 is 0.821 bits per heavy atom. The molecule has 1 fully saturated rings. The van der Waals surface area contributed by atoms with Crippen LogP contribution < -0.4 is 4.90 Å². The summed E-state index contributed by atoms with van der Waals surface area (Å²) in [7, 11) is 0.